The Morgan fingerprint density at radius 1 is 0.912 bits per heavy atom. The average Bonchev–Trinajstić information content (AvgIpc) is 2.80. The van der Waals surface area contributed by atoms with Crippen LogP contribution in [-0.2, 0) is 10.0 Å². The van der Waals surface area contributed by atoms with Crippen molar-refractivity contribution in [2.24, 2.45) is 0 Å². The maximum absolute atomic E-state index is 13.4. The number of fused-ring (bicyclic) bond motifs is 2. The van der Waals surface area contributed by atoms with Crippen LogP contribution >= 0.6 is 0 Å². The zero-order valence-corrected chi connectivity index (χ0v) is 19.8. The number of aryl methyl sites for hydroxylation is 2. The van der Waals surface area contributed by atoms with Gasteiger partial charge in [0.15, 0.2) is 11.6 Å². The van der Waals surface area contributed by atoms with Crippen LogP contribution in [0.15, 0.2) is 47.4 Å². The van der Waals surface area contributed by atoms with Crippen LogP contribution in [0.1, 0.15) is 48.5 Å². The Balaban J connectivity index is 1.87. The molecule has 3 aromatic rings. The van der Waals surface area contributed by atoms with Gasteiger partial charge in [-0.1, -0.05) is 24.3 Å². The first-order chi connectivity index (χ1) is 16.1. The lowest BCUT2D eigenvalue weighted by Crippen LogP contribution is -2.27. The van der Waals surface area contributed by atoms with Crippen LogP contribution in [0.25, 0.3) is 0 Å². The number of rotatable bonds is 6. The second-order valence-corrected chi connectivity index (χ2v) is 10.0. The highest BCUT2D eigenvalue weighted by Crippen LogP contribution is 2.38. The summed E-state index contributed by atoms with van der Waals surface area (Å²) in [6.45, 7) is 4.78. The third kappa shape index (κ3) is 3.87. The number of nitrogens with two attached hydrogens (primary N) is 1. The number of aliphatic hydroxyl groups excluding tert-OH is 1. The van der Waals surface area contributed by atoms with Gasteiger partial charge < -0.3 is 16.2 Å². The number of anilines is 3. The van der Waals surface area contributed by atoms with Crippen molar-refractivity contribution in [3.05, 3.63) is 81.4 Å². The van der Waals surface area contributed by atoms with Crippen LogP contribution in [0.3, 0.4) is 0 Å². The van der Waals surface area contributed by atoms with Gasteiger partial charge in [-0.05, 0) is 55.7 Å². The Bertz CT molecular complexity index is 1460. The molecule has 0 amide bonds. The minimum atomic E-state index is -3.87. The van der Waals surface area contributed by atoms with E-state index in [-0.39, 0.29) is 46.4 Å². The normalized spacial score (nSPS) is 12.9. The van der Waals surface area contributed by atoms with E-state index in [4.69, 9.17) is 10.8 Å². The molecule has 176 valence electrons. The summed E-state index contributed by atoms with van der Waals surface area (Å²) >= 11 is 0. The van der Waals surface area contributed by atoms with E-state index >= 15 is 0 Å². The van der Waals surface area contributed by atoms with E-state index in [2.05, 4.69) is 10.0 Å². The third-order valence-corrected chi connectivity index (χ3v) is 7.62. The van der Waals surface area contributed by atoms with Crippen LogP contribution < -0.4 is 15.8 Å². The number of ketones is 2. The molecule has 0 aliphatic heterocycles. The van der Waals surface area contributed by atoms with E-state index in [1.807, 2.05) is 0 Å². The maximum Gasteiger partial charge on any atom is 0.240 e. The first-order valence-corrected chi connectivity index (χ1v) is 12.2. The molecule has 5 N–H and O–H groups in total. The third-order valence-electron chi connectivity index (χ3n) is 6.04. The molecule has 0 saturated heterocycles. The second-order valence-electron chi connectivity index (χ2n) is 8.27. The Morgan fingerprint density at radius 2 is 1.53 bits per heavy atom. The fourth-order valence-electron chi connectivity index (χ4n) is 4.14. The van der Waals surface area contributed by atoms with Gasteiger partial charge in [-0.25, -0.2) is 13.1 Å². The summed E-state index contributed by atoms with van der Waals surface area (Å²) in [4.78, 5) is 26.7. The predicted octanol–water partition coefficient (Wildman–Crippen LogP) is 2.98. The fourth-order valence-corrected chi connectivity index (χ4v) is 5.50. The molecular weight excluding hydrogens is 454 g/mol. The fraction of sp³-hybridized carbons (Fsp3) is 0.200. The summed E-state index contributed by atoms with van der Waals surface area (Å²) < 4.78 is 27.9. The molecular formula is C25H25N3O5S. The highest BCUT2D eigenvalue weighted by atomic mass is 32.2. The van der Waals surface area contributed by atoms with Crippen LogP contribution in [0.2, 0.25) is 0 Å². The number of hydrogen-bond acceptors (Lipinski definition) is 7. The Kier molecular flexibility index (Phi) is 6.03. The van der Waals surface area contributed by atoms with Crippen molar-refractivity contribution >= 4 is 38.7 Å². The van der Waals surface area contributed by atoms with Gasteiger partial charge in [0.05, 0.1) is 28.3 Å². The van der Waals surface area contributed by atoms with Gasteiger partial charge in [-0.15, -0.1) is 0 Å². The molecule has 0 radical (unpaired) electrons. The first kappa shape index (κ1) is 23.6. The second kappa shape index (κ2) is 8.68. The zero-order valence-electron chi connectivity index (χ0n) is 19.0. The van der Waals surface area contributed by atoms with Gasteiger partial charge in [0.1, 0.15) is 0 Å². The molecule has 4 rings (SSSR count). The van der Waals surface area contributed by atoms with Gasteiger partial charge in [0, 0.05) is 29.0 Å². The highest BCUT2D eigenvalue weighted by molar-refractivity contribution is 7.89. The number of benzene rings is 3. The lowest BCUT2D eigenvalue weighted by Gasteiger charge is -2.24. The lowest BCUT2D eigenvalue weighted by molar-refractivity contribution is 0.0980. The number of hydrogen-bond donors (Lipinski definition) is 4. The molecule has 1 aliphatic rings. The van der Waals surface area contributed by atoms with Crippen LogP contribution in [-0.4, -0.2) is 38.2 Å². The summed E-state index contributed by atoms with van der Waals surface area (Å²) in [6, 6.07) is 11.5. The van der Waals surface area contributed by atoms with E-state index in [1.54, 1.807) is 57.2 Å². The molecule has 0 saturated carbocycles. The van der Waals surface area contributed by atoms with Crippen LogP contribution in [0.4, 0.5) is 17.1 Å². The van der Waals surface area contributed by atoms with Crippen LogP contribution in [0, 0.1) is 20.8 Å². The van der Waals surface area contributed by atoms with E-state index in [1.165, 1.54) is 6.07 Å². The summed E-state index contributed by atoms with van der Waals surface area (Å²) in [7, 11) is -3.87. The number of nitrogen functional groups attached to an aromatic ring is 1. The molecule has 0 aromatic heterocycles. The van der Waals surface area contributed by atoms with Crippen molar-refractivity contribution in [3.8, 4) is 0 Å². The van der Waals surface area contributed by atoms with E-state index in [9.17, 15) is 18.0 Å². The summed E-state index contributed by atoms with van der Waals surface area (Å²) in [5.41, 5.74) is 10.1. The molecule has 0 spiro atoms. The summed E-state index contributed by atoms with van der Waals surface area (Å²) in [6.07, 6.45) is 0. The molecule has 34 heavy (non-hydrogen) atoms. The van der Waals surface area contributed by atoms with Crippen molar-refractivity contribution in [3.63, 3.8) is 0 Å². The predicted molar refractivity (Wildman–Crippen MR) is 130 cm³/mol. The lowest BCUT2D eigenvalue weighted by atomic mass is 9.81. The van der Waals surface area contributed by atoms with Crippen molar-refractivity contribution in [1.82, 2.24) is 4.72 Å². The number of aliphatic hydroxyl groups is 1. The molecule has 0 heterocycles. The van der Waals surface area contributed by atoms with Crippen molar-refractivity contribution in [2.45, 2.75) is 25.7 Å². The Morgan fingerprint density at radius 3 is 2.15 bits per heavy atom. The molecule has 9 heteroatoms. The zero-order chi connectivity index (χ0) is 24.8. The summed E-state index contributed by atoms with van der Waals surface area (Å²) in [5, 5.41) is 12.2. The number of carbonyl (C=O) groups is 2. The Hall–Kier alpha value is -3.53. The number of nitrogens with one attached hydrogen (secondary N) is 2. The maximum atomic E-state index is 13.4. The van der Waals surface area contributed by atoms with Gasteiger partial charge in [0.25, 0.3) is 0 Å². The highest BCUT2D eigenvalue weighted by Gasteiger charge is 2.34. The smallest absolute Gasteiger partial charge is 0.240 e. The topological polar surface area (TPSA) is 139 Å². The molecule has 8 nitrogen and oxygen atoms in total. The molecule has 1 aliphatic carbocycles. The molecule has 0 bridgehead atoms. The largest absolute Gasteiger partial charge is 0.398 e. The SMILES string of the molecule is Cc1cc(Nc2cc(C)c(N)c3c2C(=O)c2ccccc2C3=O)cc(S(=O)(=O)NCCO)c1C. The van der Waals surface area contributed by atoms with Gasteiger partial charge in [-0.2, -0.15) is 0 Å². The van der Waals surface area contributed by atoms with Crippen LogP contribution in [0.5, 0.6) is 0 Å². The number of carbonyl (C=O) groups excluding carboxylic acids is 2. The first-order valence-electron chi connectivity index (χ1n) is 10.7. The standard InChI is InChI=1S/C25H25N3O5S/c1-13-10-16(12-20(15(13)3)34(32,33)27-8-9-29)28-19-11-14(2)23(26)22-21(19)24(30)17-6-4-5-7-18(17)25(22)31/h4-7,10-12,27-29H,8-9,26H2,1-3H3. The van der Waals surface area contributed by atoms with Crippen molar-refractivity contribution in [2.75, 3.05) is 24.2 Å². The minimum Gasteiger partial charge on any atom is -0.398 e. The molecule has 3 aromatic carbocycles. The van der Waals surface area contributed by atoms with Crippen molar-refractivity contribution < 1.29 is 23.1 Å². The molecule has 0 unspecified atom stereocenters. The van der Waals surface area contributed by atoms with E-state index in [0.717, 1.165) is 0 Å². The average molecular weight is 480 g/mol. The molecule has 0 fully saturated rings. The quantitative estimate of drug-likeness (QED) is 0.312. The van der Waals surface area contributed by atoms with Gasteiger partial charge in [0.2, 0.25) is 10.0 Å². The Labute approximate surface area is 197 Å². The van der Waals surface area contributed by atoms with E-state index in [0.29, 0.717) is 39.2 Å². The van der Waals surface area contributed by atoms with E-state index < -0.39 is 10.0 Å². The van der Waals surface area contributed by atoms with Gasteiger partial charge >= 0.3 is 0 Å². The monoisotopic (exact) mass is 479 g/mol. The van der Waals surface area contributed by atoms with Gasteiger partial charge in [-0.3, -0.25) is 9.59 Å². The number of sulfonamides is 1. The van der Waals surface area contributed by atoms with Crippen molar-refractivity contribution in [1.29, 1.82) is 0 Å². The summed E-state index contributed by atoms with van der Waals surface area (Å²) in [5.74, 6) is -0.660. The minimum absolute atomic E-state index is 0.0530. The molecule has 0 atom stereocenters.